The average Bonchev–Trinajstić information content (AvgIpc) is 3.11. The molecule has 2 aliphatic rings. The first-order chi connectivity index (χ1) is 9.79. The Bertz CT molecular complexity index is 417. The first-order valence-corrected chi connectivity index (χ1v) is 8.44. The van der Waals surface area contributed by atoms with Crippen LogP contribution in [0, 0.1) is 17.8 Å². The van der Waals surface area contributed by atoms with Crippen LogP contribution in [0.4, 0.5) is 0 Å². The molecule has 0 saturated heterocycles. The van der Waals surface area contributed by atoms with E-state index in [1.165, 1.54) is 37.8 Å². The molecule has 5 atom stereocenters. The van der Waals surface area contributed by atoms with E-state index in [1.54, 1.807) is 0 Å². The number of aromatic nitrogens is 1. The molecule has 2 saturated carbocycles. The van der Waals surface area contributed by atoms with Crippen LogP contribution in [0.25, 0.3) is 0 Å². The van der Waals surface area contributed by atoms with Gasteiger partial charge in [0, 0.05) is 23.9 Å². The summed E-state index contributed by atoms with van der Waals surface area (Å²) in [7, 11) is 0. The molecule has 20 heavy (non-hydrogen) atoms. The number of hydrogen-bond acceptors (Lipinski definition) is 2. The smallest absolute Gasteiger partial charge is 0.0447 e. The lowest BCUT2D eigenvalue weighted by Gasteiger charge is -2.35. The minimum absolute atomic E-state index is 0.520. The maximum Gasteiger partial charge on any atom is 0.0447 e. The highest BCUT2D eigenvalue weighted by Gasteiger charge is 2.44. The topological polar surface area (TPSA) is 24.9 Å². The van der Waals surface area contributed by atoms with Crippen molar-refractivity contribution >= 4 is 0 Å². The Kier molecular flexibility index (Phi) is 4.40. The molecule has 0 aromatic carbocycles. The second-order valence-electron chi connectivity index (χ2n) is 6.86. The third kappa shape index (κ3) is 2.76. The Balaban J connectivity index is 1.75. The van der Waals surface area contributed by atoms with Crippen LogP contribution in [0.3, 0.4) is 0 Å². The van der Waals surface area contributed by atoms with Crippen LogP contribution in [0.5, 0.6) is 0 Å². The lowest BCUT2D eigenvalue weighted by molar-refractivity contribution is 0.225. The number of nitrogens with zero attached hydrogens (tertiary/aromatic N) is 1. The third-order valence-corrected chi connectivity index (χ3v) is 5.58. The van der Waals surface area contributed by atoms with Gasteiger partial charge >= 0.3 is 0 Å². The molecule has 2 heteroatoms. The number of pyridine rings is 1. The van der Waals surface area contributed by atoms with E-state index in [9.17, 15) is 0 Å². The predicted octanol–water partition coefficient (Wildman–Crippen LogP) is 3.99. The molecule has 110 valence electrons. The Morgan fingerprint density at radius 2 is 2.20 bits per heavy atom. The van der Waals surface area contributed by atoms with Crippen LogP contribution in [-0.4, -0.2) is 17.6 Å². The highest BCUT2D eigenvalue weighted by atomic mass is 14.9. The van der Waals surface area contributed by atoms with Gasteiger partial charge in [-0.1, -0.05) is 26.3 Å². The molecule has 1 aromatic rings. The van der Waals surface area contributed by atoms with E-state index in [0.29, 0.717) is 12.0 Å². The molecular weight excluding hydrogens is 244 g/mol. The minimum atomic E-state index is 0.520. The lowest BCUT2D eigenvalue weighted by Crippen LogP contribution is -2.43. The summed E-state index contributed by atoms with van der Waals surface area (Å²) < 4.78 is 0. The van der Waals surface area contributed by atoms with E-state index in [1.807, 2.05) is 12.3 Å². The number of rotatable bonds is 6. The molecule has 2 bridgehead atoms. The van der Waals surface area contributed by atoms with Crippen molar-refractivity contribution in [2.75, 3.05) is 6.54 Å². The van der Waals surface area contributed by atoms with Crippen molar-refractivity contribution in [3.05, 3.63) is 30.1 Å². The van der Waals surface area contributed by atoms with Gasteiger partial charge in [0.25, 0.3) is 0 Å². The fourth-order valence-corrected chi connectivity index (χ4v) is 4.57. The predicted molar refractivity (Wildman–Crippen MR) is 83.7 cm³/mol. The van der Waals surface area contributed by atoms with Gasteiger partial charge in [0.1, 0.15) is 0 Å². The van der Waals surface area contributed by atoms with Gasteiger partial charge in [-0.3, -0.25) is 4.98 Å². The average molecular weight is 272 g/mol. The van der Waals surface area contributed by atoms with E-state index < -0.39 is 0 Å². The van der Waals surface area contributed by atoms with Gasteiger partial charge < -0.3 is 5.32 Å². The van der Waals surface area contributed by atoms with E-state index in [0.717, 1.165) is 24.3 Å². The molecule has 2 fully saturated rings. The monoisotopic (exact) mass is 272 g/mol. The number of fused-ring (bicyclic) bond motifs is 2. The summed E-state index contributed by atoms with van der Waals surface area (Å²) in [6.07, 6.45) is 9.04. The molecule has 0 aliphatic heterocycles. The quantitative estimate of drug-likeness (QED) is 0.847. The Hall–Kier alpha value is -0.890. The molecule has 2 nitrogen and oxygen atoms in total. The molecule has 3 rings (SSSR count). The molecule has 0 radical (unpaired) electrons. The van der Waals surface area contributed by atoms with Crippen molar-refractivity contribution in [2.24, 2.45) is 17.8 Å². The summed E-state index contributed by atoms with van der Waals surface area (Å²) in [5, 5.41) is 3.85. The van der Waals surface area contributed by atoms with Gasteiger partial charge in [-0.2, -0.15) is 0 Å². The normalized spacial score (nSPS) is 31.4. The maximum absolute atomic E-state index is 4.60. The van der Waals surface area contributed by atoms with Crippen molar-refractivity contribution < 1.29 is 0 Å². The van der Waals surface area contributed by atoms with E-state index in [2.05, 4.69) is 36.3 Å². The van der Waals surface area contributed by atoms with Crippen molar-refractivity contribution in [3.8, 4) is 0 Å². The minimum Gasteiger partial charge on any atom is -0.313 e. The largest absolute Gasteiger partial charge is 0.313 e. The Morgan fingerprint density at radius 3 is 2.80 bits per heavy atom. The summed E-state index contributed by atoms with van der Waals surface area (Å²) in [6.45, 7) is 5.76. The van der Waals surface area contributed by atoms with Crippen molar-refractivity contribution in [1.29, 1.82) is 0 Å². The second kappa shape index (κ2) is 6.26. The van der Waals surface area contributed by atoms with Crippen LogP contribution in [0.1, 0.15) is 57.6 Å². The first kappa shape index (κ1) is 14.1. The number of hydrogen-bond donors (Lipinski definition) is 1. The summed E-state index contributed by atoms with van der Waals surface area (Å²) in [6, 6.07) is 6.94. The van der Waals surface area contributed by atoms with Gasteiger partial charge in [0.2, 0.25) is 0 Å². The summed E-state index contributed by atoms with van der Waals surface area (Å²) >= 11 is 0. The molecule has 2 aliphatic carbocycles. The fraction of sp³-hybridized carbons (Fsp3) is 0.722. The molecule has 1 heterocycles. The summed E-state index contributed by atoms with van der Waals surface area (Å²) in [4.78, 5) is 4.60. The van der Waals surface area contributed by atoms with E-state index >= 15 is 0 Å². The van der Waals surface area contributed by atoms with Crippen LogP contribution in [-0.2, 0) is 0 Å². The Morgan fingerprint density at radius 1 is 1.30 bits per heavy atom. The zero-order valence-electron chi connectivity index (χ0n) is 12.9. The van der Waals surface area contributed by atoms with Crippen LogP contribution in [0.2, 0.25) is 0 Å². The highest BCUT2D eigenvalue weighted by molar-refractivity contribution is 5.13. The third-order valence-electron chi connectivity index (χ3n) is 5.58. The van der Waals surface area contributed by atoms with Crippen molar-refractivity contribution in [3.63, 3.8) is 0 Å². The van der Waals surface area contributed by atoms with Gasteiger partial charge in [0.05, 0.1) is 0 Å². The first-order valence-electron chi connectivity index (χ1n) is 8.44. The summed E-state index contributed by atoms with van der Waals surface area (Å²) in [5.41, 5.74) is 1.25. The standard InChI is InChI=1S/C18H28N2/c1-3-9-20-18(13(2)17-6-4-5-10-19-17)16-12-14-7-8-15(16)11-14/h4-6,10,13-16,18,20H,3,7-9,11-12H2,1-2H3. The van der Waals surface area contributed by atoms with Gasteiger partial charge in [0.15, 0.2) is 0 Å². The van der Waals surface area contributed by atoms with Gasteiger partial charge in [-0.15, -0.1) is 0 Å². The lowest BCUT2D eigenvalue weighted by atomic mass is 9.77. The zero-order chi connectivity index (χ0) is 13.9. The SMILES string of the molecule is CCCNC(C(C)c1ccccn1)C1CC2CCC1C2. The van der Waals surface area contributed by atoms with Crippen LogP contribution in [0.15, 0.2) is 24.4 Å². The molecular formula is C18H28N2. The molecule has 1 aromatic heterocycles. The second-order valence-corrected chi connectivity index (χ2v) is 6.86. The Labute approximate surface area is 123 Å². The highest BCUT2D eigenvalue weighted by Crippen LogP contribution is 2.51. The fourth-order valence-electron chi connectivity index (χ4n) is 4.57. The maximum atomic E-state index is 4.60. The van der Waals surface area contributed by atoms with E-state index in [-0.39, 0.29) is 0 Å². The molecule has 0 spiro atoms. The van der Waals surface area contributed by atoms with Gasteiger partial charge in [-0.25, -0.2) is 0 Å². The summed E-state index contributed by atoms with van der Waals surface area (Å²) in [5.74, 6) is 3.39. The van der Waals surface area contributed by atoms with E-state index in [4.69, 9.17) is 0 Å². The molecule has 5 unspecified atom stereocenters. The van der Waals surface area contributed by atoms with Crippen molar-refractivity contribution in [2.45, 2.75) is 57.9 Å². The number of nitrogens with one attached hydrogen (secondary N) is 1. The molecule has 1 N–H and O–H groups in total. The van der Waals surface area contributed by atoms with Crippen LogP contribution >= 0.6 is 0 Å². The van der Waals surface area contributed by atoms with Crippen LogP contribution < -0.4 is 5.32 Å². The van der Waals surface area contributed by atoms with Crippen molar-refractivity contribution in [1.82, 2.24) is 10.3 Å². The molecule has 0 amide bonds. The van der Waals surface area contributed by atoms with Gasteiger partial charge in [-0.05, 0) is 62.1 Å². The zero-order valence-corrected chi connectivity index (χ0v) is 12.9.